The van der Waals surface area contributed by atoms with Crippen molar-refractivity contribution < 1.29 is 9.53 Å². The van der Waals surface area contributed by atoms with Gasteiger partial charge in [0, 0.05) is 16.5 Å². The summed E-state index contributed by atoms with van der Waals surface area (Å²) < 4.78 is 5.17. The normalized spacial score (nSPS) is 11.0. The highest BCUT2D eigenvalue weighted by atomic mass is 16.5. The second-order valence-corrected chi connectivity index (χ2v) is 6.00. The van der Waals surface area contributed by atoms with Gasteiger partial charge in [-0.2, -0.15) is 0 Å². The molecule has 0 saturated heterocycles. The number of nitrogens with one attached hydrogen (secondary N) is 1. The van der Waals surface area contributed by atoms with Gasteiger partial charge in [-0.25, -0.2) is 4.79 Å². The van der Waals surface area contributed by atoms with Crippen LogP contribution in [-0.2, 0) is 4.74 Å². The van der Waals surface area contributed by atoms with E-state index in [2.05, 4.69) is 4.98 Å². The highest BCUT2D eigenvalue weighted by molar-refractivity contribution is 6.17. The second kappa shape index (κ2) is 6.48. The minimum atomic E-state index is -0.609. The number of benzene rings is 3. The van der Waals surface area contributed by atoms with Crippen molar-refractivity contribution in [2.45, 2.75) is 6.92 Å². The Labute approximate surface area is 150 Å². The molecule has 4 heteroatoms. The summed E-state index contributed by atoms with van der Waals surface area (Å²) in [5.41, 5.74) is 1.72. The maximum atomic E-state index is 12.7. The van der Waals surface area contributed by atoms with Crippen LogP contribution in [0.15, 0.2) is 71.5 Å². The van der Waals surface area contributed by atoms with Gasteiger partial charge in [-0.1, -0.05) is 60.7 Å². The average Bonchev–Trinajstić information content (AvgIpc) is 2.67. The van der Waals surface area contributed by atoms with E-state index in [1.165, 1.54) is 0 Å². The first-order valence-electron chi connectivity index (χ1n) is 8.51. The lowest BCUT2D eigenvalue weighted by Gasteiger charge is -2.14. The quantitative estimate of drug-likeness (QED) is 0.439. The molecule has 0 radical (unpaired) electrons. The molecule has 0 fully saturated rings. The molecule has 1 heterocycles. The van der Waals surface area contributed by atoms with E-state index >= 15 is 0 Å². The van der Waals surface area contributed by atoms with Crippen molar-refractivity contribution >= 4 is 27.6 Å². The summed E-state index contributed by atoms with van der Waals surface area (Å²) in [6.07, 6.45) is 0. The number of fused-ring (bicyclic) bond motifs is 3. The molecule has 0 bridgehead atoms. The Morgan fingerprint density at radius 3 is 2.46 bits per heavy atom. The largest absolute Gasteiger partial charge is 0.462 e. The molecule has 0 aliphatic carbocycles. The van der Waals surface area contributed by atoms with Gasteiger partial charge < -0.3 is 9.72 Å². The van der Waals surface area contributed by atoms with Crippen molar-refractivity contribution in [2.24, 2.45) is 0 Å². The van der Waals surface area contributed by atoms with Crippen molar-refractivity contribution in [2.75, 3.05) is 6.61 Å². The number of hydrogen-bond acceptors (Lipinski definition) is 3. The molecule has 0 unspecified atom stereocenters. The van der Waals surface area contributed by atoms with Gasteiger partial charge in [0.25, 0.3) is 5.56 Å². The molecule has 0 aliphatic heterocycles. The molecular weight excluding hydrogens is 326 g/mol. The fourth-order valence-corrected chi connectivity index (χ4v) is 3.36. The van der Waals surface area contributed by atoms with Gasteiger partial charge in [-0.05, 0) is 29.3 Å². The third-order valence-electron chi connectivity index (χ3n) is 4.45. The Kier molecular flexibility index (Phi) is 4.01. The Balaban J connectivity index is 2.23. The van der Waals surface area contributed by atoms with Crippen LogP contribution in [0.2, 0.25) is 0 Å². The molecule has 0 atom stereocenters. The van der Waals surface area contributed by atoms with E-state index in [1.807, 2.05) is 66.7 Å². The lowest BCUT2D eigenvalue weighted by molar-refractivity contribution is 0.0525. The van der Waals surface area contributed by atoms with E-state index in [0.717, 1.165) is 21.7 Å². The number of pyridine rings is 1. The van der Waals surface area contributed by atoms with Crippen molar-refractivity contribution in [1.29, 1.82) is 0 Å². The van der Waals surface area contributed by atoms with Crippen LogP contribution in [0.4, 0.5) is 0 Å². The van der Waals surface area contributed by atoms with Gasteiger partial charge in [-0.3, -0.25) is 4.79 Å². The minimum Gasteiger partial charge on any atom is -0.462 e. The molecule has 1 aromatic heterocycles. The number of rotatable bonds is 3. The number of aromatic nitrogens is 1. The Morgan fingerprint density at radius 2 is 1.69 bits per heavy atom. The van der Waals surface area contributed by atoms with Gasteiger partial charge in [-0.15, -0.1) is 0 Å². The van der Waals surface area contributed by atoms with Crippen LogP contribution in [0, 0.1) is 0 Å². The van der Waals surface area contributed by atoms with Gasteiger partial charge >= 0.3 is 5.97 Å². The SMILES string of the molecule is CCOC(=O)c1c(-c2ccccc2)c2c(ccc3ccccc32)[nH]c1=O. The highest BCUT2D eigenvalue weighted by Gasteiger charge is 2.22. The first kappa shape index (κ1) is 16.1. The summed E-state index contributed by atoms with van der Waals surface area (Å²) in [7, 11) is 0. The van der Waals surface area contributed by atoms with E-state index < -0.39 is 11.5 Å². The molecule has 128 valence electrons. The Bertz CT molecular complexity index is 1180. The fourth-order valence-electron chi connectivity index (χ4n) is 3.36. The zero-order valence-corrected chi connectivity index (χ0v) is 14.3. The first-order chi connectivity index (χ1) is 12.7. The lowest BCUT2D eigenvalue weighted by Crippen LogP contribution is -2.21. The minimum absolute atomic E-state index is 0.0434. The summed E-state index contributed by atoms with van der Waals surface area (Å²) in [5.74, 6) is -0.609. The maximum Gasteiger partial charge on any atom is 0.344 e. The highest BCUT2D eigenvalue weighted by Crippen LogP contribution is 2.34. The van der Waals surface area contributed by atoms with Crippen LogP contribution < -0.4 is 5.56 Å². The molecular formula is C22H17NO3. The zero-order valence-electron chi connectivity index (χ0n) is 14.3. The molecule has 3 aromatic carbocycles. The van der Waals surface area contributed by atoms with Crippen LogP contribution >= 0.6 is 0 Å². The van der Waals surface area contributed by atoms with E-state index in [9.17, 15) is 9.59 Å². The second-order valence-electron chi connectivity index (χ2n) is 6.00. The summed E-state index contributed by atoms with van der Waals surface area (Å²) >= 11 is 0. The summed E-state index contributed by atoms with van der Waals surface area (Å²) in [4.78, 5) is 28.2. The predicted molar refractivity (Wildman–Crippen MR) is 103 cm³/mol. The van der Waals surface area contributed by atoms with Crippen molar-refractivity contribution in [3.63, 3.8) is 0 Å². The molecule has 0 saturated carbocycles. The predicted octanol–water partition coefficient (Wildman–Crippen LogP) is 4.53. The van der Waals surface area contributed by atoms with Crippen LogP contribution in [0.5, 0.6) is 0 Å². The monoisotopic (exact) mass is 343 g/mol. The third-order valence-corrected chi connectivity index (χ3v) is 4.45. The average molecular weight is 343 g/mol. The lowest BCUT2D eigenvalue weighted by atomic mass is 9.93. The zero-order chi connectivity index (χ0) is 18.1. The first-order valence-corrected chi connectivity index (χ1v) is 8.51. The van der Waals surface area contributed by atoms with Crippen molar-refractivity contribution in [1.82, 2.24) is 4.98 Å². The number of carbonyl (C=O) groups excluding carboxylic acids is 1. The molecule has 0 aliphatic rings. The number of carbonyl (C=O) groups is 1. The Hall–Kier alpha value is -3.40. The fraction of sp³-hybridized carbons (Fsp3) is 0.0909. The van der Waals surface area contributed by atoms with Crippen LogP contribution in [0.25, 0.3) is 32.8 Å². The van der Waals surface area contributed by atoms with Gasteiger partial charge in [0.2, 0.25) is 0 Å². The Morgan fingerprint density at radius 1 is 0.962 bits per heavy atom. The maximum absolute atomic E-state index is 12.7. The summed E-state index contributed by atoms with van der Waals surface area (Å²) in [6, 6.07) is 21.3. The number of H-pyrrole nitrogens is 1. The third kappa shape index (κ3) is 2.56. The summed E-state index contributed by atoms with van der Waals surface area (Å²) in [6.45, 7) is 1.94. The molecule has 26 heavy (non-hydrogen) atoms. The van der Waals surface area contributed by atoms with Crippen LogP contribution in [0.1, 0.15) is 17.3 Å². The van der Waals surface area contributed by atoms with E-state index in [1.54, 1.807) is 6.92 Å². The molecule has 4 nitrogen and oxygen atoms in total. The number of ether oxygens (including phenoxy) is 1. The van der Waals surface area contributed by atoms with E-state index in [0.29, 0.717) is 11.1 Å². The standard InChI is InChI=1S/C22H17NO3/c1-2-26-22(25)20-18(15-9-4-3-5-10-15)19-16-11-7-6-8-14(16)12-13-17(19)23-21(20)24/h3-13H,2H2,1H3,(H,23,24). The molecule has 0 amide bonds. The van der Waals surface area contributed by atoms with Gasteiger partial charge in [0.05, 0.1) is 6.61 Å². The van der Waals surface area contributed by atoms with E-state index in [-0.39, 0.29) is 12.2 Å². The van der Waals surface area contributed by atoms with Crippen molar-refractivity contribution in [3.05, 3.63) is 82.6 Å². The van der Waals surface area contributed by atoms with Crippen molar-refractivity contribution in [3.8, 4) is 11.1 Å². The van der Waals surface area contributed by atoms with Gasteiger partial charge in [0.1, 0.15) is 5.56 Å². The molecule has 1 N–H and O–H groups in total. The van der Waals surface area contributed by atoms with Crippen LogP contribution in [-0.4, -0.2) is 17.6 Å². The van der Waals surface area contributed by atoms with Crippen LogP contribution in [0.3, 0.4) is 0 Å². The summed E-state index contributed by atoms with van der Waals surface area (Å²) in [5, 5.41) is 2.86. The van der Waals surface area contributed by atoms with Gasteiger partial charge in [0.15, 0.2) is 0 Å². The molecule has 0 spiro atoms. The smallest absolute Gasteiger partial charge is 0.344 e. The number of aromatic amines is 1. The molecule has 4 rings (SSSR count). The molecule has 4 aromatic rings. The number of hydrogen-bond donors (Lipinski definition) is 1. The van der Waals surface area contributed by atoms with E-state index in [4.69, 9.17) is 4.74 Å². The number of esters is 1. The topological polar surface area (TPSA) is 59.2 Å².